The molecule has 4 aromatic rings. The number of hydrogen-bond donors (Lipinski definition) is 2. The van der Waals surface area contributed by atoms with Gasteiger partial charge in [0.1, 0.15) is 11.5 Å². The van der Waals surface area contributed by atoms with Crippen LogP contribution >= 0.6 is 0 Å². The second kappa shape index (κ2) is 9.58. The number of nitrogens with zero attached hydrogens (tertiary/aromatic N) is 1. The first-order valence-corrected chi connectivity index (χ1v) is 11.8. The number of rotatable bonds is 7. The summed E-state index contributed by atoms with van der Waals surface area (Å²) in [6.07, 6.45) is 3.84. The maximum Gasteiger partial charge on any atom is 0.251 e. The largest absolute Gasteiger partial charge is 0.456 e. The van der Waals surface area contributed by atoms with Gasteiger partial charge < -0.3 is 15.4 Å². The molecule has 1 fully saturated rings. The molecule has 0 atom stereocenters. The van der Waals surface area contributed by atoms with Crippen molar-refractivity contribution in [3.05, 3.63) is 101 Å². The van der Waals surface area contributed by atoms with Gasteiger partial charge in [-0.05, 0) is 80.3 Å². The van der Waals surface area contributed by atoms with E-state index in [0.29, 0.717) is 35.2 Å². The number of carbonyl (C=O) groups excluding carboxylic acids is 2. The average molecular weight is 466 g/mol. The van der Waals surface area contributed by atoms with Crippen molar-refractivity contribution < 1.29 is 14.3 Å². The Morgan fingerprint density at radius 1 is 0.943 bits per heavy atom. The van der Waals surface area contributed by atoms with Crippen LogP contribution in [0, 0.1) is 13.8 Å². The zero-order valence-corrected chi connectivity index (χ0v) is 19.8. The lowest BCUT2D eigenvalue weighted by molar-refractivity contribution is 0.0941. The standard InChI is InChI=1S/C29H27N3O3/c1-18-6-13-24-25(16-18)30-15-14-27(24)35-26-5-3-4-23(19(26)2)29(34)31-17-20-7-9-21(10-8-20)28(33)32-22-11-12-22/h3-10,13-16,22H,11-12,17H2,1-2H3,(H,31,34)(H,32,33). The average Bonchev–Trinajstić information content (AvgIpc) is 3.68. The molecule has 1 aliphatic carbocycles. The molecular weight excluding hydrogens is 438 g/mol. The Morgan fingerprint density at radius 2 is 1.74 bits per heavy atom. The molecule has 0 aliphatic heterocycles. The van der Waals surface area contributed by atoms with Crippen LogP contribution in [-0.2, 0) is 6.54 Å². The monoisotopic (exact) mass is 465 g/mol. The van der Waals surface area contributed by atoms with Gasteiger partial charge in [-0.2, -0.15) is 0 Å². The maximum atomic E-state index is 13.0. The van der Waals surface area contributed by atoms with E-state index in [9.17, 15) is 9.59 Å². The number of nitrogens with one attached hydrogen (secondary N) is 2. The molecule has 0 saturated heterocycles. The van der Waals surface area contributed by atoms with E-state index in [4.69, 9.17) is 4.74 Å². The van der Waals surface area contributed by atoms with Crippen LogP contribution in [0.5, 0.6) is 11.5 Å². The van der Waals surface area contributed by atoms with Crippen molar-refractivity contribution in [1.29, 1.82) is 0 Å². The van der Waals surface area contributed by atoms with Gasteiger partial charge in [0, 0.05) is 40.9 Å². The quantitative estimate of drug-likeness (QED) is 0.379. The molecule has 176 valence electrons. The molecule has 1 aliphatic rings. The first kappa shape index (κ1) is 22.6. The Hall–Kier alpha value is -4.19. The van der Waals surface area contributed by atoms with Gasteiger partial charge in [-0.25, -0.2) is 0 Å². The van der Waals surface area contributed by atoms with Crippen LogP contribution in [0.1, 0.15) is 50.2 Å². The Bertz CT molecular complexity index is 1410. The molecule has 1 heterocycles. The summed E-state index contributed by atoms with van der Waals surface area (Å²) in [4.78, 5) is 29.5. The third kappa shape index (κ3) is 5.17. The summed E-state index contributed by atoms with van der Waals surface area (Å²) in [5.74, 6) is 1.09. The lowest BCUT2D eigenvalue weighted by Gasteiger charge is -2.14. The van der Waals surface area contributed by atoms with Gasteiger partial charge >= 0.3 is 0 Å². The highest BCUT2D eigenvalue weighted by Crippen LogP contribution is 2.32. The zero-order chi connectivity index (χ0) is 24.4. The number of pyridine rings is 1. The SMILES string of the molecule is Cc1ccc2c(Oc3cccc(C(=O)NCc4ccc(C(=O)NC5CC5)cc4)c3C)ccnc2c1. The first-order chi connectivity index (χ1) is 17.0. The van der Waals surface area contributed by atoms with Crippen molar-refractivity contribution in [2.45, 2.75) is 39.3 Å². The van der Waals surface area contributed by atoms with E-state index in [1.54, 1.807) is 24.4 Å². The molecule has 3 aromatic carbocycles. The normalized spacial score (nSPS) is 12.9. The predicted molar refractivity (Wildman–Crippen MR) is 136 cm³/mol. The van der Waals surface area contributed by atoms with Crippen LogP contribution < -0.4 is 15.4 Å². The minimum Gasteiger partial charge on any atom is -0.456 e. The van der Waals surface area contributed by atoms with Gasteiger partial charge in [0.2, 0.25) is 0 Å². The molecule has 0 bridgehead atoms. The van der Waals surface area contributed by atoms with Crippen LogP contribution in [0.25, 0.3) is 10.9 Å². The maximum absolute atomic E-state index is 13.0. The molecule has 6 nitrogen and oxygen atoms in total. The van der Waals surface area contributed by atoms with Gasteiger partial charge in [-0.15, -0.1) is 0 Å². The van der Waals surface area contributed by atoms with Gasteiger partial charge in [0.15, 0.2) is 0 Å². The van der Waals surface area contributed by atoms with Crippen molar-refractivity contribution in [2.24, 2.45) is 0 Å². The number of aromatic nitrogens is 1. The molecule has 2 N–H and O–H groups in total. The summed E-state index contributed by atoms with van der Waals surface area (Å²) in [6, 6.07) is 21.0. The van der Waals surface area contributed by atoms with Gasteiger partial charge in [0.25, 0.3) is 11.8 Å². The fourth-order valence-corrected chi connectivity index (χ4v) is 3.96. The molecule has 6 heteroatoms. The van der Waals surface area contributed by atoms with E-state index in [-0.39, 0.29) is 11.8 Å². The topological polar surface area (TPSA) is 80.3 Å². The third-order valence-electron chi connectivity index (χ3n) is 6.19. The summed E-state index contributed by atoms with van der Waals surface area (Å²) < 4.78 is 6.23. The molecule has 0 spiro atoms. The van der Waals surface area contributed by atoms with Gasteiger partial charge in [0.05, 0.1) is 5.52 Å². The summed E-state index contributed by atoms with van der Waals surface area (Å²) >= 11 is 0. The molecule has 5 rings (SSSR count). The smallest absolute Gasteiger partial charge is 0.251 e. The van der Waals surface area contributed by atoms with E-state index in [0.717, 1.165) is 40.4 Å². The number of benzene rings is 3. The molecule has 1 saturated carbocycles. The molecule has 1 aromatic heterocycles. The van der Waals surface area contributed by atoms with E-state index in [1.807, 2.05) is 62.4 Å². The summed E-state index contributed by atoms with van der Waals surface area (Å²) in [5, 5.41) is 6.87. The summed E-state index contributed by atoms with van der Waals surface area (Å²) in [6.45, 7) is 4.27. The zero-order valence-electron chi connectivity index (χ0n) is 19.8. The third-order valence-corrected chi connectivity index (χ3v) is 6.19. The first-order valence-electron chi connectivity index (χ1n) is 11.8. The number of hydrogen-bond acceptors (Lipinski definition) is 4. The van der Waals surface area contributed by atoms with Crippen molar-refractivity contribution in [3.8, 4) is 11.5 Å². The number of fused-ring (bicyclic) bond motifs is 1. The molecule has 0 unspecified atom stereocenters. The highest BCUT2D eigenvalue weighted by Gasteiger charge is 2.23. The van der Waals surface area contributed by atoms with E-state index in [1.165, 1.54) is 0 Å². The van der Waals surface area contributed by atoms with Crippen LogP contribution in [-0.4, -0.2) is 22.8 Å². The number of aryl methyl sites for hydroxylation is 1. The lowest BCUT2D eigenvalue weighted by Crippen LogP contribution is -2.25. The second-order valence-corrected chi connectivity index (χ2v) is 8.99. The Kier molecular flexibility index (Phi) is 6.19. The molecule has 35 heavy (non-hydrogen) atoms. The van der Waals surface area contributed by atoms with Gasteiger partial charge in [-0.1, -0.05) is 24.3 Å². The highest BCUT2D eigenvalue weighted by molar-refractivity contribution is 5.96. The number of amides is 2. The van der Waals surface area contributed by atoms with Crippen LogP contribution in [0.2, 0.25) is 0 Å². The van der Waals surface area contributed by atoms with Crippen molar-refractivity contribution in [2.75, 3.05) is 0 Å². The Morgan fingerprint density at radius 3 is 2.51 bits per heavy atom. The minimum absolute atomic E-state index is 0.0485. The molecular formula is C29H27N3O3. The molecule has 0 radical (unpaired) electrons. The predicted octanol–water partition coefficient (Wildman–Crippen LogP) is 5.47. The highest BCUT2D eigenvalue weighted by atomic mass is 16.5. The second-order valence-electron chi connectivity index (χ2n) is 8.99. The lowest BCUT2D eigenvalue weighted by atomic mass is 10.1. The van der Waals surface area contributed by atoms with E-state index < -0.39 is 0 Å². The van der Waals surface area contributed by atoms with Crippen LogP contribution in [0.15, 0.2) is 72.9 Å². The fourth-order valence-electron chi connectivity index (χ4n) is 3.96. The van der Waals surface area contributed by atoms with Crippen LogP contribution in [0.4, 0.5) is 0 Å². The number of ether oxygens (including phenoxy) is 1. The molecule has 2 amide bonds. The van der Waals surface area contributed by atoms with Gasteiger partial charge in [-0.3, -0.25) is 14.6 Å². The minimum atomic E-state index is -0.182. The Balaban J connectivity index is 1.27. The fraction of sp³-hybridized carbons (Fsp3) is 0.207. The van der Waals surface area contributed by atoms with Crippen molar-refractivity contribution in [1.82, 2.24) is 15.6 Å². The number of carbonyl (C=O) groups is 2. The summed E-state index contributed by atoms with van der Waals surface area (Å²) in [5.41, 5.74) is 4.86. The van der Waals surface area contributed by atoms with Crippen molar-refractivity contribution in [3.63, 3.8) is 0 Å². The van der Waals surface area contributed by atoms with Crippen LogP contribution in [0.3, 0.4) is 0 Å². The van der Waals surface area contributed by atoms with Crippen molar-refractivity contribution >= 4 is 22.7 Å². The summed E-state index contributed by atoms with van der Waals surface area (Å²) in [7, 11) is 0. The van der Waals surface area contributed by atoms with E-state index in [2.05, 4.69) is 15.6 Å². The Labute approximate surface area is 204 Å². The van der Waals surface area contributed by atoms with E-state index >= 15 is 0 Å².